The Bertz CT molecular complexity index is 836. The van der Waals surface area contributed by atoms with Gasteiger partial charge in [-0.3, -0.25) is 9.10 Å². The molecular formula is C19H24N2O4S. The number of amides is 1. The van der Waals surface area contributed by atoms with Gasteiger partial charge in [0.1, 0.15) is 11.8 Å². The lowest BCUT2D eigenvalue weighted by Crippen LogP contribution is -2.48. The minimum Gasteiger partial charge on any atom is -0.497 e. The van der Waals surface area contributed by atoms with Gasteiger partial charge in [-0.2, -0.15) is 0 Å². The van der Waals surface area contributed by atoms with Crippen molar-refractivity contribution in [1.29, 1.82) is 0 Å². The molecule has 0 saturated carbocycles. The van der Waals surface area contributed by atoms with Crippen LogP contribution in [0.3, 0.4) is 0 Å². The zero-order chi connectivity index (χ0) is 19.3. The predicted octanol–water partition coefficient (Wildman–Crippen LogP) is 2.73. The quantitative estimate of drug-likeness (QED) is 0.806. The maximum Gasteiger partial charge on any atom is 0.244 e. The number of nitrogens with zero attached hydrogens (tertiary/aromatic N) is 1. The zero-order valence-electron chi connectivity index (χ0n) is 15.3. The Morgan fingerprint density at radius 1 is 1.04 bits per heavy atom. The van der Waals surface area contributed by atoms with Crippen molar-refractivity contribution in [3.63, 3.8) is 0 Å². The smallest absolute Gasteiger partial charge is 0.244 e. The Hall–Kier alpha value is -2.54. The molecule has 2 rings (SSSR count). The SMILES string of the molecule is COc1ccc(N([C@H](C)C(=O)N[C@@H](C)c2ccccc2)S(C)(=O)=O)cc1. The molecule has 0 aliphatic rings. The van der Waals surface area contributed by atoms with Crippen molar-refractivity contribution in [1.82, 2.24) is 5.32 Å². The molecule has 0 radical (unpaired) electrons. The molecule has 0 unspecified atom stereocenters. The first kappa shape index (κ1) is 19.8. The Morgan fingerprint density at radius 2 is 1.62 bits per heavy atom. The molecule has 1 N–H and O–H groups in total. The molecule has 6 nitrogen and oxygen atoms in total. The third kappa shape index (κ3) is 4.76. The van der Waals surface area contributed by atoms with E-state index in [1.54, 1.807) is 31.2 Å². The van der Waals surface area contributed by atoms with Gasteiger partial charge in [0, 0.05) is 0 Å². The van der Waals surface area contributed by atoms with Crippen molar-refractivity contribution in [2.45, 2.75) is 25.9 Å². The van der Waals surface area contributed by atoms with E-state index in [9.17, 15) is 13.2 Å². The summed E-state index contributed by atoms with van der Waals surface area (Å²) in [5.74, 6) is 0.236. The second-order valence-electron chi connectivity index (χ2n) is 6.07. The summed E-state index contributed by atoms with van der Waals surface area (Å²) in [6, 6.07) is 14.9. The van der Waals surface area contributed by atoms with Gasteiger partial charge < -0.3 is 10.1 Å². The van der Waals surface area contributed by atoms with Crippen molar-refractivity contribution >= 4 is 21.6 Å². The second-order valence-corrected chi connectivity index (χ2v) is 7.93. The number of sulfonamides is 1. The van der Waals surface area contributed by atoms with Gasteiger partial charge in [0.2, 0.25) is 15.9 Å². The lowest BCUT2D eigenvalue weighted by atomic mass is 10.1. The molecule has 0 fully saturated rings. The van der Waals surface area contributed by atoms with E-state index in [1.807, 2.05) is 37.3 Å². The summed E-state index contributed by atoms with van der Waals surface area (Å²) < 4.78 is 30.8. The topological polar surface area (TPSA) is 75.7 Å². The van der Waals surface area contributed by atoms with Crippen LogP contribution < -0.4 is 14.4 Å². The van der Waals surface area contributed by atoms with Crippen molar-refractivity contribution in [2.24, 2.45) is 0 Å². The number of ether oxygens (including phenoxy) is 1. The number of anilines is 1. The van der Waals surface area contributed by atoms with Crippen LogP contribution in [0.2, 0.25) is 0 Å². The van der Waals surface area contributed by atoms with Crippen LogP contribution >= 0.6 is 0 Å². The van der Waals surface area contributed by atoms with E-state index < -0.39 is 16.1 Å². The van der Waals surface area contributed by atoms with Crippen molar-refractivity contribution in [3.05, 3.63) is 60.2 Å². The molecule has 0 bridgehead atoms. The molecular weight excluding hydrogens is 352 g/mol. The number of nitrogens with one attached hydrogen (secondary N) is 1. The molecule has 7 heteroatoms. The number of hydrogen-bond acceptors (Lipinski definition) is 4. The highest BCUT2D eigenvalue weighted by atomic mass is 32.2. The largest absolute Gasteiger partial charge is 0.497 e. The zero-order valence-corrected chi connectivity index (χ0v) is 16.2. The molecule has 0 aliphatic carbocycles. The number of rotatable bonds is 7. The number of carbonyl (C=O) groups is 1. The van der Waals surface area contributed by atoms with Crippen LogP contribution in [-0.2, 0) is 14.8 Å². The van der Waals surface area contributed by atoms with Crippen LogP contribution in [0.5, 0.6) is 5.75 Å². The van der Waals surface area contributed by atoms with Gasteiger partial charge >= 0.3 is 0 Å². The Kier molecular flexibility index (Phi) is 6.26. The normalized spacial score (nSPS) is 13.5. The van der Waals surface area contributed by atoms with Gasteiger partial charge in [0.25, 0.3) is 0 Å². The average Bonchev–Trinajstić information content (AvgIpc) is 2.61. The highest BCUT2D eigenvalue weighted by Gasteiger charge is 2.29. The van der Waals surface area contributed by atoms with Crippen LogP contribution in [0.1, 0.15) is 25.5 Å². The Labute approximate surface area is 154 Å². The second kappa shape index (κ2) is 8.23. The average molecular weight is 376 g/mol. The first-order chi connectivity index (χ1) is 12.2. The summed E-state index contributed by atoms with van der Waals surface area (Å²) in [4.78, 5) is 12.7. The molecule has 2 atom stereocenters. The van der Waals surface area contributed by atoms with Gasteiger partial charge in [0.05, 0.1) is 25.1 Å². The van der Waals surface area contributed by atoms with Crippen LogP contribution in [0, 0.1) is 0 Å². The molecule has 0 spiro atoms. The molecule has 0 heterocycles. The molecule has 2 aromatic rings. The Balaban J connectivity index is 2.23. The van der Waals surface area contributed by atoms with Crippen LogP contribution in [0.4, 0.5) is 5.69 Å². The molecule has 140 valence electrons. The highest BCUT2D eigenvalue weighted by molar-refractivity contribution is 7.92. The van der Waals surface area contributed by atoms with Gasteiger partial charge in [-0.05, 0) is 43.7 Å². The summed E-state index contributed by atoms with van der Waals surface area (Å²) >= 11 is 0. The minimum absolute atomic E-state index is 0.233. The van der Waals surface area contributed by atoms with E-state index >= 15 is 0 Å². The predicted molar refractivity (Wildman–Crippen MR) is 103 cm³/mol. The van der Waals surface area contributed by atoms with E-state index in [0.717, 1.165) is 16.1 Å². The van der Waals surface area contributed by atoms with Crippen LogP contribution in [0.25, 0.3) is 0 Å². The summed E-state index contributed by atoms with van der Waals surface area (Å²) in [5, 5.41) is 2.87. The van der Waals surface area contributed by atoms with E-state index in [4.69, 9.17) is 4.74 Å². The summed E-state index contributed by atoms with van der Waals surface area (Å²) in [6.45, 7) is 3.43. The minimum atomic E-state index is -3.65. The van der Waals surface area contributed by atoms with Crippen molar-refractivity contribution in [3.8, 4) is 5.75 Å². The van der Waals surface area contributed by atoms with Crippen molar-refractivity contribution in [2.75, 3.05) is 17.7 Å². The maximum absolute atomic E-state index is 12.7. The summed E-state index contributed by atoms with van der Waals surface area (Å²) in [6.07, 6.45) is 1.08. The standard InChI is InChI=1S/C19H24N2O4S/c1-14(16-8-6-5-7-9-16)20-19(22)15(2)21(26(4,23)24)17-10-12-18(25-3)13-11-17/h5-15H,1-4H3,(H,20,22)/t14-,15+/m0/s1. The van der Waals surface area contributed by atoms with Crippen LogP contribution in [-0.4, -0.2) is 33.7 Å². The van der Waals surface area contributed by atoms with Gasteiger partial charge in [-0.15, -0.1) is 0 Å². The summed E-state index contributed by atoms with van der Waals surface area (Å²) in [5.41, 5.74) is 1.35. The molecule has 0 aromatic heterocycles. The fourth-order valence-electron chi connectivity index (χ4n) is 2.70. The summed E-state index contributed by atoms with van der Waals surface area (Å²) in [7, 11) is -2.12. The third-order valence-corrected chi connectivity index (χ3v) is 5.32. The molecule has 2 aromatic carbocycles. The van der Waals surface area contributed by atoms with Crippen LogP contribution in [0.15, 0.2) is 54.6 Å². The van der Waals surface area contributed by atoms with E-state index in [0.29, 0.717) is 11.4 Å². The first-order valence-corrected chi connectivity index (χ1v) is 10.1. The molecule has 1 amide bonds. The van der Waals surface area contributed by atoms with E-state index in [2.05, 4.69) is 5.32 Å². The fraction of sp³-hybridized carbons (Fsp3) is 0.316. The van der Waals surface area contributed by atoms with Gasteiger partial charge in [-0.25, -0.2) is 8.42 Å². The number of carbonyl (C=O) groups excluding carboxylic acids is 1. The lowest BCUT2D eigenvalue weighted by Gasteiger charge is -2.29. The molecule has 0 saturated heterocycles. The van der Waals surface area contributed by atoms with E-state index in [1.165, 1.54) is 7.11 Å². The number of methoxy groups -OCH3 is 1. The van der Waals surface area contributed by atoms with Gasteiger partial charge in [-0.1, -0.05) is 30.3 Å². The van der Waals surface area contributed by atoms with Crippen molar-refractivity contribution < 1.29 is 17.9 Å². The maximum atomic E-state index is 12.7. The van der Waals surface area contributed by atoms with Gasteiger partial charge in [0.15, 0.2) is 0 Å². The number of hydrogen-bond donors (Lipinski definition) is 1. The first-order valence-electron chi connectivity index (χ1n) is 8.23. The lowest BCUT2D eigenvalue weighted by molar-refractivity contribution is -0.122. The Morgan fingerprint density at radius 3 is 2.12 bits per heavy atom. The molecule has 0 aliphatic heterocycles. The third-order valence-electron chi connectivity index (χ3n) is 4.07. The monoisotopic (exact) mass is 376 g/mol. The van der Waals surface area contributed by atoms with E-state index in [-0.39, 0.29) is 11.9 Å². The fourth-order valence-corrected chi connectivity index (χ4v) is 3.87. The molecule has 26 heavy (non-hydrogen) atoms. The number of benzene rings is 2. The highest BCUT2D eigenvalue weighted by Crippen LogP contribution is 2.24.